The summed E-state index contributed by atoms with van der Waals surface area (Å²) >= 11 is 0. The van der Waals surface area contributed by atoms with Crippen LogP contribution in [0.2, 0.25) is 0 Å². The standard InChI is InChI=1S/C18H22N2/c19-17(9-10-18-6-1-2-11-20-18)13-14-7-8-15-4-3-5-16(15)12-14/h1-2,6-8,11-12,17H,3-5,9-10,13,19H2. The molecule has 2 N–H and O–H groups in total. The first-order valence-electron chi connectivity index (χ1n) is 7.57. The summed E-state index contributed by atoms with van der Waals surface area (Å²) in [6.45, 7) is 0. The lowest BCUT2D eigenvalue weighted by Crippen LogP contribution is -2.23. The van der Waals surface area contributed by atoms with E-state index in [9.17, 15) is 0 Å². The Labute approximate surface area is 121 Å². The first-order chi connectivity index (χ1) is 9.81. The first-order valence-corrected chi connectivity index (χ1v) is 7.57. The number of pyridine rings is 1. The van der Waals surface area contributed by atoms with Crippen LogP contribution in [0.15, 0.2) is 42.6 Å². The Morgan fingerprint density at radius 3 is 2.85 bits per heavy atom. The van der Waals surface area contributed by atoms with Crippen LogP contribution >= 0.6 is 0 Å². The van der Waals surface area contributed by atoms with E-state index in [-0.39, 0.29) is 6.04 Å². The highest BCUT2D eigenvalue weighted by Crippen LogP contribution is 2.23. The average Bonchev–Trinajstić information content (AvgIpc) is 2.94. The van der Waals surface area contributed by atoms with Gasteiger partial charge >= 0.3 is 0 Å². The number of rotatable bonds is 5. The Kier molecular flexibility index (Phi) is 4.12. The lowest BCUT2D eigenvalue weighted by atomic mass is 9.98. The third-order valence-corrected chi connectivity index (χ3v) is 4.16. The van der Waals surface area contributed by atoms with E-state index in [0.29, 0.717) is 0 Å². The van der Waals surface area contributed by atoms with E-state index in [1.54, 1.807) is 5.56 Å². The molecular weight excluding hydrogens is 244 g/mol. The van der Waals surface area contributed by atoms with E-state index in [4.69, 9.17) is 5.73 Å². The third kappa shape index (κ3) is 3.26. The maximum absolute atomic E-state index is 6.27. The summed E-state index contributed by atoms with van der Waals surface area (Å²) in [7, 11) is 0. The zero-order valence-electron chi connectivity index (χ0n) is 11.9. The van der Waals surface area contributed by atoms with Gasteiger partial charge in [0, 0.05) is 17.9 Å². The minimum absolute atomic E-state index is 0.219. The van der Waals surface area contributed by atoms with Crippen molar-refractivity contribution in [2.45, 2.75) is 44.6 Å². The van der Waals surface area contributed by atoms with E-state index < -0.39 is 0 Å². The second kappa shape index (κ2) is 6.19. The van der Waals surface area contributed by atoms with E-state index in [1.165, 1.54) is 30.4 Å². The molecule has 0 amide bonds. The quantitative estimate of drug-likeness (QED) is 0.903. The predicted molar refractivity (Wildman–Crippen MR) is 82.7 cm³/mol. The van der Waals surface area contributed by atoms with Crippen LogP contribution in [0.25, 0.3) is 0 Å². The lowest BCUT2D eigenvalue weighted by molar-refractivity contribution is 0.605. The Hall–Kier alpha value is -1.67. The molecule has 1 aromatic heterocycles. The van der Waals surface area contributed by atoms with Gasteiger partial charge in [-0.2, -0.15) is 0 Å². The maximum Gasteiger partial charge on any atom is 0.0404 e. The van der Waals surface area contributed by atoms with Gasteiger partial charge in [0.25, 0.3) is 0 Å². The number of benzene rings is 1. The Morgan fingerprint density at radius 2 is 2.00 bits per heavy atom. The van der Waals surface area contributed by atoms with Crippen LogP contribution in [0.4, 0.5) is 0 Å². The van der Waals surface area contributed by atoms with Gasteiger partial charge in [-0.1, -0.05) is 24.3 Å². The molecule has 3 rings (SSSR count). The van der Waals surface area contributed by atoms with Crippen LogP contribution in [-0.4, -0.2) is 11.0 Å². The molecule has 1 aliphatic carbocycles. The molecule has 1 aromatic carbocycles. The van der Waals surface area contributed by atoms with Gasteiger partial charge in [0.15, 0.2) is 0 Å². The Morgan fingerprint density at radius 1 is 1.10 bits per heavy atom. The van der Waals surface area contributed by atoms with Crippen molar-refractivity contribution in [2.24, 2.45) is 5.73 Å². The fourth-order valence-electron chi connectivity index (χ4n) is 3.04. The van der Waals surface area contributed by atoms with Crippen LogP contribution < -0.4 is 5.73 Å². The lowest BCUT2D eigenvalue weighted by Gasteiger charge is -2.12. The molecule has 20 heavy (non-hydrogen) atoms. The van der Waals surface area contributed by atoms with Gasteiger partial charge in [-0.05, 0) is 67.3 Å². The van der Waals surface area contributed by atoms with Gasteiger partial charge in [0.1, 0.15) is 0 Å². The molecule has 104 valence electrons. The summed E-state index contributed by atoms with van der Waals surface area (Å²) in [6.07, 6.45) is 8.58. The van der Waals surface area contributed by atoms with Gasteiger partial charge in [0.2, 0.25) is 0 Å². The van der Waals surface area contributed by atoms with E-state index in [1.807, 2.05) is 18.3 Å². The van der Waals surface area contributed by atoms with Crippen molar-refractivity contribution in [2.75, 3.05) is 0 Å². The van der Waals surface area contributed by atoms with E-state index >= 15 is 0 Å². The maximum atomic E-state index is 6.27. The molecule has 0 radical (unpaired) electrons. The zero-order valence-corrected chi connectivity index (χ0v) is 11.9. The molecule has 1 heterocycles. The van der Waals surface area contributed by atoms with Crippen molar-refractivity contribution in [3.05, 3.63) is 65.0 Å². The molecule has 1 aliphatic rings. The number of hydrogen-bond acceptors (Lipinski definition) is 2. The number of fused-ring (bicyclic) bond motifs is 1. The number of nitrogens with zero attached hydrogens (tertiary/aromatic N) is 1. The number of aryl methyl sites for hydroxylation is 3. The summed E-state index contributed by atoms with van der Waals surface area (Å²) in [5, 5.41) is 0. The average molecular weight is 266 g/mol. The van der Waals surface area contributed by atoms with Gasteiger partial charge in [0.05, 0.1) is 0 Å². The molecular formula is C18H22N2. The monoisotopic (exact) mass is 266 g/mol. The predicted octanol–water partition coefficient (Wildman–Crippen LogP) is 3.07. The number of nitrogens with two attached hydrogens (primary N) is 1. The minimum Gasteiger partial charge on any atom is -0.327 e. The first kappa shape index (κ1) is 13.3. The van der Waals surface area contributed by atoms with Crippen LogP contribution in [0.3, 0.4) is 0 Å². The molecule has 1 unspecified atom stereocenters. The molecule has 0 saturated carbocycles. The molecule has 2 heteroatoms. The SMILES string of the molecule is NC(CCc1ccccn1)Cc1ccc2c(c1)CCC2. The molecule has 1 atom stereocenters. The number of aromatic nitrogens is 1. The van der Waals surface area contributed by atoms with Crippen molar-refractivity contribution in [1.82, 2.24) is 4.98 Å². The summed E-state index contributed by atoms with van der Waals surface area (Å²) < 4.78 is 0. The van der Waals surface area contributed by atoms with Gasteiger partial charge in [-0.25, -0.2) is 0 Å². The largest absolute Gasteiger partial charge is 0.327 e. The molecule has 0 spiro atoms. The van der Waals surface area contributed by atoms with Crippen molar-refractivity contribution in [3.8, 4) is 0 Å². The van der Waals surface area contributed by atoms with Crippen LogP contribution in [-0.2, 0) is 25.7 Å². The van der Waals surface area contributed by atoms with Crippen LogP contribution in [0.5, 0.6) is 0 Å². The molecule has 0 saturated heterocycles. The van der Waals surface area contributed by atoms with Crippen molar-refractivity contribution in [1.29, 1.82) is 0 Å². The van der Waals surface area contributed by atoms with Crippen molar-refractivity contribution >= 4 is 0 Å². The fourth-order valence-corrected chi connectivity index (χ4v) is 3.04. The summed E-state index contributed by atoms with van der Waals surface area (Å²) in [5.74, 6) is 0. The Balaban J connectivity index is 1.55. The van der Waals surface area contributed by atoms with E-state index in [2.05, 4.69) is 29.2 Å². The second-order valence-electron chi connectivity index (χ2n) is 5.78. The summed E-state index contributed by atoms with van der Waals surface area (Å²) in [5.41, 5.74) is 11.9. The summed E-state index contributed by atoms with van der Waals surface area (Å²) in [4.78, 5) is 4.35. The van der Waals surface area contributed by atoms with Gasteiger partial charge in [-0.3, -0.25) is 4.98 Å². The van der Waals surface area contributed by atoms with Gasteiger partial charge in [-0.15, -0.1) is 0 Å². The summed E-state index contributed by atoms with van der Waals surface area (Å²) in [6, 6.07) is 13.2. The van der Waals surface area contributed by atoms with E-state index in [0.717, 1.165) is 25.0 Å². The third-order valence-electron chi connectivity index (χ3n) is 4.16. The number of hydrogen-bond donors (Lipinski definition) is 1. The molecule has 2 aromatic rings. The van der Waals surface area contributed by atoms with Crippen molar-refractivity contribution < 1.29 is 0 Å². The van der Waals surface area contributed by atoms with Crippen LogP contribution in [0, 0.1) is 0 Å². The molecule has 0 aliphatic heterocycles. The minimum atomic E-state index is 0.219. The van der Waals surface area contributed by atoms with Crippen LogP contribution in [0.1, 0.15) is 35.2 Å². The smallest absolute Gasteiger partial charge is 0.0404 e. The molecule has 2 nitrogen and oxygen atoms in total. The zero-order chi connectivity index (χ0) is 13.8. The highest BCUT2D eigenvalue weighted by atomic mass is 14.7. The van der Waals surface area contributed by atoms with Gasteiger partial charge < -0.3 is 5.73 Å². The highest BCUT2D eigenvalue weighted by Gasteiger charge is 2.12. The normalized spacial score (nSPS) is 15.1. The topological polar surface area (TPSA) is 38.9 Å². The second-order valence-corrected chi connectivity index (χ2v) is 5.78. The molecule has 0 bridgehead atoms. The fraction of sp³-hybridized carbons (Fsp3) is 0.389. The highest BCUT2D eigenvalue weighted by molar-refractivity contribution is 5.35. The Bertz CT molecular complexity index is 563. The molecule has 0 fully saturated rings. The van der Waals surface area contributed by atoms with Crippen molar-refractivity contribution in [3.63, 3.8) is 0 Å².